The zero-order chi connectivity index (χ0) is 10.4. The Hall–Kier alpha value is -1.78. The molecule has 0 aliphatic carbocycles. The number of nitrogens with zero attached hydrogens (tertiary/aromatic N) is 1. The monoisotopic (exact) mass is 185 g/mol. The minimum atomic E-state index is -1.34. The molecule has 0 bridgehead atoms. The number of aliphatic hydroxyl groups excluding tert-OH is 1. The van der Waals surface area contributed by atoms with Crippen molar-refractivity contribution >= 4 is 12.2 Å². The SMILES string of the molecule is C=C(OC)/C(O)=C(\N=C/C)C(=O)O. The third-order valence-corrected chi connectivity index (χ3v) is 1.20. The lowest BCUT2D eigenvalue weighted by Crippen LogP contribution is -2.04. The van der Waals surface area contributed by atoms with Crippen LogP contribution in [0.5, 0.6) is 0 Å². The molecule has 0 aromatic heterocycles. The molecule has 0 aromatic rings. The smallest absolute Gasteiger partial charge is 0.358 e. The van der Waals surface area contributed by atoms with Gasteiger partial charge in [0.15, 0.2) is 17.2 Å². The highest BCUT2D eigenvalue weighted by Crippen LogP contribution is 2.11. The molecule has 0 radical (unpaired) electrons. The van der Waals surface area contributed by atoms with E-state index in [1.165, 1.54) is 20.2 Å². The van der Waals surface area contributed by atoms with Crippen molar-refractivity contribution in [2.75, 3.05) is 7.11 Å². The Balaban J connectivity index is 5.08. The molecule has 13 heavy (non-hydrogen) atoms. The maximum Gasteiger partial charge on any atom is 0.358 e. The molecule has 0 aliphatic heterocycles. The summed E-state index contributed by atoms with van der Waals surface area (Å²) in [5, 5.41) is 17.8. The molecule has 0 heterocycles. The Bertz CT molecular complexity index is 278. The molecule has 0 amide bonds. The number of hydrogen-bond acceptors (Lipinski definition) is 4. The molecule has 0 unspecified atom stereocenters. The highest BCUT2D eigenvalue weighted by atomic mass is 16.5. The second-order valence-electron chi connectivity index (χ2n) is 2.02. The van der Waals surface area contributed by atoms with Crippen LogP contribution in [0.3, 0.4) is 0 Å². The number of hydrogen-bond donors (Lipinski definition) is 2. The summed E-state index contributed by atoms with van der Waals surface area (Å²) in [5.74, 6) is -2.05. The molecule has 2 N–H and O–H groups in total. The summed E-state index contributed by atoms with van der Waals surface area (Å²) in [6, 6.07) is 0. The Morgan fingerprint density at radius 1 is 1.54 bits per heavy atom. The summed E-state index contributed by atoms with van der Waals surface area (Å²) in [7, 11) is 1.27. The molecule has 0 rings (SSSR count). The van der Waals surface area contributed by atoms with Gasteiger partial charge in [0.05, 0.1) is 7.11 Å². The maximum absolute atomic E-state index is 10.5. The van der Waals surface area contributed by atoms with Gasteiger partial charge in [-0.3, -0.25) is 4.99 Å². The Labute approximate surface area is 75.7 Å². The van der Waals surface area contributed by atoms with Gasteiger partial charge in [-0.25, -0.2) is 4.79 Å². The average molecular weight is 185 g/mol. The number of methoxy groups -OCH3 is 1. The number of aliphatic hydroxyl groups is 1. The second-order valence-corrected chi connectivity index (χ2v) is 2.02. The largest absolute Gasteiger partial charge is 0.503 e. The van der Waals surface area contributed by atoms with Crippen molar-refractivity contribution in [3.63, 3.8) is 0 Å². The highest BCUT2D eigenvalue weighted by molar-refractivity contribution is 5.89. The number of rotatable bonds is 4. The molecule has 0 fully saturated rings. The van der Waals surface area contributed by atoms with E-state index in [0.29, 0.717) is 0 Å². The first kappa shape index (κ1) is 11.2. The van der Waals surface area contributed by atoms with E-state index >= 15 is 0 Å². The van der Waals surface area contributed by atoms with E-state index in [-0.39, 0.29) is 5.76 Å². The van der Waals surface area contributed by atoms with Gasteiger partial charge in [-0.15, -0.1) is 0 Å². The molecular formula is C8H11NO4. The van der Waals surface area contributed by atoms with Crippen LogP contribution in [-0.4, -0.2) is 29.5 Å². The predicted octanol–water partition coefficient (Wildman–Crippen LogP) is 1.09. The van der Waals surface area contributed by atoms with E-state index in [1.807, 2.05) is 0 Å². The van der Waals surface area contributed by atoms with Gasteiger partial charge in [-0.05, 0) is 6.92 Å². The molecule has 0 saturated carbocycles. The van der Waals surface area contributed by atoms with Crippen molar-refractivity contribution in [3.05, 3.63) is 23.8 Å². The van der Waals surface area contributed by atoms with Gasteiger partial charge >= 0.3 is 5.97 Å². The van der Waals surface area contributed by atoms with Crippen LogP contribution in [0.1, 0.15) is 6.92 Å². The molecule has 5 nitrogen and oxygen atoms in total. The number of aliphatic carboxylic acids is 1. The quantitative estimate of drug-likeness (QED) is 0.297. The van der Waals surface area contributed by atoms with E-state index in [4.69, 9.17) is 5.11 Å². The van der Waals surface area contributed by atoms with Crippen LogP contribution in [-0.2, 0) is 9.53 Å². The van der Waals surface area contributed by atoms with E-state index in [1.54, 1.807) is 0 Å². The van der Waals surface area contributed by atoms with Crippen LogP contribution in [0.4, 0.5) is 0 Å². The van der Waals surface area contributed by atoms with Crippen LogP contribution in [0.15, 0.2) is 28.8 Å². The number of ether oxygens (including phenoxy) is 1. The molecule has 0 spiro atoms. The molecule has 0 aromatic carbocycles. The maximum atomic E-state index is 10.5. The van der Waals surface area contributed by atoms with E-state index < -0.39 is 17.4 Å². The summed E-state index contributed by atoms with van der Waals surface area (Å²) in [6.07, 6.45) is 1.25. The van der Waals surface area contributed by atoms with E-state index in [0.717, 1.165) is 0 Å². The molecule has 0 atom stereocenters. The van der Waals surface area contributed by atoms with Gasteiger partial charge in [-0.1, -0.05) is 6.58 Å². The Morgan fingerprint density at radius 3 is 2.38 bits per heavy atom. The van der Waals surface area contributed by atoms with Crippen molar-refractivity contribution in [3.8, 4) is 0 Å². The summed E-state index contributed by atoms with van der Waals surface area (Å²) in [6.45, 7) is 4.82. The standard InChI is InChI=1S/C8H11NO4/c1-4-9-6(8(11)12)7(10)5(2)13-3/h4,10H,2H2,1,3H3,(H,11,12)/b7-6+,9-4-. The number of aliphatic imine (C=N–C) groups is 1. The van der Waals surface area contributed by atoms with Crippen LogP contribution in [0.25, 0.3) is 0 Å². The van der Waals surface area contributed by atoms with Gasteiger partial charge in [-0.2, -0.15) is 0 Å². The van der Waals surface area contributed by atoms with Crippen LogP contribution in [0, 0.1) is 0 Å². The number of carbonyl (C=O) groups is 1. The third-order valence-electron chi connectivity index (χ3n) is 1.20. The highest BCUT2D eigenvalue weighted by Gasteiger charge is 2.15. The fourth-order valence-corrected chi connectivity index (χ4v) is 0.575. The fourth-order valence-electron chi connectivity index (χ4n) is 0.575. The fraction of sp³-hybridized carbons (Fsp3) is 0.250. The lowest BCUT2D eigenvalue weighted by atomic mass is 10.3. The van der Waals surface area contributed by atoms with Crippen molar-refractivity contribution < 1.29 is 19.7 Å². The van der Waals surface area contributed by atoms with Crippen LogP contribution >= 0.6 is 0 Å². The molecule has 0 saturated heterocycles. The van der Waals surface area contributed by atoms with Crippen LogP contribution < -0.4 is 0 Å². The summed E-state index contributed by atoms with van der Waals surface area (Å²) in [4.78, 5) is 14.0. The number of carboxylic acids is 1. The molecule has 72 valence electrons. The van der Waals surface area contributed by atoms with E-state index in [9.17, 15) is 9.90 Å². The molecular weight excluding hydrogens is 174 g/mol. The second kappa shape index (κ2) is 4.97. The summed E-state index contributed by atoms with van der Waals surface area (Å²) < 4.78 is 4.55. The topological polar surface area (TPSA) is 79.1 Å². The minimum absolute atomic E-state index is 0.136. The normalized spacial score (nSPS) is 12.5. The van der Waals surface area contributed by atoms with Gasteiger partial charge in [0.25, 0.3) is 0 Å². The zero-order valence-corrected chi connectivity index (χ0v) is 7.44. The molecule has 0 aliphatic rings. The molecule has 5 heteroatoms. The van der Waals surface area contributed by atoms with Crippen molar-refractivity contribution in [2.45, 2.75) is 6.92 Å². The Morgan fingerprint density at radius 2 is 2.08 bits per heavy atom. The first-order chi connectivity index (χ1) is 6.04. The third kappa shape index (κ3) is 2.98. The lowest BCUT2D eigenvalue weighted by Gasteiger charge is -2.03. The Kier molecular flexibility index (Phi) is 4.29. The van der Waals surface area contributed by atoms with Gasteiger partial charge in [0.1, 0.15) is 0 Å². The van der Waals surface area contributed by atoms with E-state index in [2.05, 4.69) is 16.3 Å². The predicted molar refractivity (Wildman–Crippen MR) is 47.6 cm³/mol. The first-order valence-electron chi connectivity index (χ1n) is 3.43. The van der Waals surface area contributed by atoms with Gasteiger partial charge in [0.2, 0.25) is 0 Å². The van der Waals surface area contributed by atoms with Crippen molar-refractivity contribution in [1.29, 1.82) is 0 Å². The van der Waals surface area contributed by atoms with Crippen molar-refractivity contribution in [1.82, 2.24) is 0 Å². The van der Waals surface area contributed by atoms with Crippen molar-refractivity contribution in [2.24, 2.45) is 4.99 Å². The summed E-state index contributed by atoms with van der Waals surface area (Å²) in [5.41, 5.74) is -0.491. The van der Waals surface area contributed by atoms with Crippen LogP contribution in [0.2, 0.25) is 0 Å². The lowest BCUT2D eigenvalue weighted by molar-refractivity contribution is -0.132. The summed E-state index contributed by atoms with van der Waals surface area (Å²) >= 11 is 0. The van der Waals surface area contributed by atoms with Gasteiger partial charge in [0, 0.05) is 6.21 Å². The minimum Gasteiger partial charge on any atom is -0.503 e. The average Bonchev–Trinajstić information content (AvgIpc) is 2.11. The van der Waals surface area contributed by atoms with Gasteiger partial charge < -0.3 is 14.9 Å². The number of carboxylic acid groups (broad SMARTS) is 1. The first-order valence-corrected chi connectivity index (χ1v) is 3.43. The zero-order valence-electron chi connectivity index (χ0n) is 7.44.